The normalized spacial score (nSPS) is 14.3. The van der Waals surface area contributed by atoms with Crippen LogP contribution in [0.2, 0.25) is 0 Å². The maximum Gasteiger partial charge on any atom is 0.417 e. The zero-order valence-electron chi connectivity index (χ0n) is 13.5. The van der Waals surface area contributed by atoms with E-state index in [-0.39, 0.29) is 11.9 Å². The van der Waals surface area contributed by atoms with Crippen molar-refractivity contribution in [2.45, 2.75) is 13.0 Å². The van der Waals surface area contributed by atoms with Crippen LogP contribution >= 0.6 is 0 Å². The third-order valence-electron chi connectivity index (χ3n) is 4.11. The largest absolute Gasteiger partial charge is 0.486 e. The van der Waals surface area contributed by atoms with E-state index in [0.29, 0.717) is 41.4 Å². The monoisotopic (exact) mass is 340 g/mol. The first-order valence-electron chi connectivity index (χ1n) is 7.94. The van der Waals surface area contributed by atoms with E-state index in [0.717, 1.165) is 5.56 Å². The molecule has 0 aliphatic carbocycles. The number of hydrogen-bond acceptors (Lipinski definition) is 5. The molecule has 2 aromatic carbocycles. The summed E-state index contributed by atoms with van der Waals surface area (Å²) >= 11 is 0. The molecule has 4 rings (SSSR count). The van der Waals surface area contributed by atoms with Gasteiger partial charge in [0.05, 0.1) is 17.1 Å². The molecule has 0 radical (unpaired) electrons. The number of fused-ring (bicyclic) bond motifs is 2. The SMILES string of the molecule is C[C@@H](NC(=O)c1cccc2oc(=O)[nH]c12)c1ccc2c(c1)OCCO2. The van der Waals surface area contributed by atoms with Crippen molar-refractivity contribution in [3.8, 4) is 11.5 Å². The molecule has 2 N–H and O–H groups in total. The van der Waals surface area contributed by atoms with E-state index in [4.69, 9.17) is 13.9 Å². The Morgan fingerprint density at radius 2 is 1.96 bits per heavy atom. The molecular weight excluding hydrogens is 324 g/mol. The number of aromatic nitrogens is 1. The number of carbonyl (C=O) groups is 1. The Morgan fingerprint density at radius 1 is 1.16 bits per heavy atom. The van der Waals surface area contributed by atoms with E-state index >= 15 is 0 Å². The van der Waals surface area contributed by atoms with Crippen LogP contribution in [0.25, 0.3) is 11.1 Å². The van der Waals surface area contributed by atoms with Gasteiger partial charge in [-0.05, 0) is 36.8 Å². The summed E-state index contributed by atoms with van der Waals surface area (Å²) in [6.45, 7) is 2.92. The second-order valence-electron chi connectivity index (χ2n) is 5.79. The van der Waals surface area contributed by atoms with Crippen LogP contribution in [0.5, 0.6) is 11.5 Å². The molecule has 128 valence electrons. The summed E-state index contributed by atoms with van der Waals surface area (Å²) in [5.74, 6) is 0.487. The molecule has 0 saturated heterocycles. The first-order valence-corrected chi connectivity index (χ1v) is 7.94. The first-order chi connectivity index (χ1) is 12.1. The topological polar surface area (TPSA) is 93.6 Å². The van der Waals surface area contributed by atoms with E-state index in [1.807, 2.05) is 25.1 Å². The second-order valence-corrected chi connectivity index (χ2v) is 5.79. The number of nitrogens with one attached hydrogen (secondary N) is 2. The molecule has 1 amide bonds. The van der Waals surface area contributed by atoms with Crippen LogP contribution < -0.4 is 20.5 Å². The number of aromatic amines is 1. The van der Waals surface area contributed by atoms with Crippen LogP contribution in [0.1, 0.15) is 28.9 Å². The summed E-state index contributed by atoms with van der Waals surface area (Å²) in [5.41, 5.74) is 1.99. The predicted molar refractivity (Wildman–Crippen MR) is 90.1 cm³/mol. The molecule has 1 aliphatic rings. The van der Waals surface area contributed by atoms with Crippen LogP contribution in [0.3, 0.4) is 0 Å². The van der Waals surface area contributed by atoms with Gasteiger partial charge in [0.25, 0.3) is 5.91 Å². The van der Waals surface area contributed by atoms with Gasteiger partial charge in [0, 0.05) is 0 Å². The Kier molecular flexibility index (Phi) is 3.68. The number of oxazole rings is 1. The highest BCUT2D eigenvalue weighted by Gasteiger charge is 2.18. The van der Waals surface area contributed by atoms with Crippen LogP contribution in [0, 0.1) is 0 Å². The van der Waals surface area contributed by atoms with Gasteiger partial charge in [-0.2, -0.15) is 0 Å². The van der Waals surface area contributed by atoms with Crippen molar-refractivity contribution in [3.63, 3.8) is 0 Å². The highest BCUT2D eigenvalue weighted by Crippen LogP contribution is 2.32. The zero-order chi connectivity index (χ0) is 17.4. The molecule has 2 heterocycles. The van der Waals surface area contributed by atoms with Gasteiger partial charge in [0.15, 0.2) is 17.1 Å². The molecule has 1 aliphatic heterocycles. The fourth-order valence-electron chi connectivity index (χ4n) is 2.85. The minimum atomic E-state index is -0.588. The van der Waals surface area contributed by atoms with Crippen molar-refractivity contribution in [2.75, 3.05) is 13.2 Å². The Bertz CT molecular complexity index is 1000. The minimum absolute atomic E-state index is 0.253. The fourth-order valence-corrected chi connectivity index (χ4v) is 2.85. The molecule has 0 unspecified atom stereocenters. The Balaban J connectivity index is 1.58. The third-order valence-corrected chi connectivity index (χ3v) is 4.11. The Morgan fingerprint density at radius 3 is 2.80 bits per heavy atom. The van der Waals surface area contributed by atoms with Gasteiger partial charge in [-0.1, -0.05) is 12.1 Å². The molecule has 25 heavy (non-hydrogen) atoms. The maximum absolute atomic E-state index is 12.6. The summed E-state index contributed by atoms with van der Waals surface area (Å²) in [4.78, 5) is 26.5. The molecule has 3 aromatic rings. The Hall–Kier alpha value is -3.22. The molecule has 0 spiro atoms. The van der Waals surface area contributed by atoms with Gasteiger partial charge in [-0.3, -0.25) is 9.78 Å². The number of rotatable bonds is 3. The molecule has 0 fully saturated rings. The lowest BCUT2D eigenvalue weighted by molar-refractivity contribution is 0.0941. The summed E-state index contributed by atoms with van der Waals surface area (Å²) in [6, 6.07) is 10.3. The average molecular weight is 340 g/mol. The summed E-state index contributed by atoms with van der Waals surface area (Å²) in [7, 11) is 0. The lowest BCUT2D eigenvalue weighted by atomic mass is 10.1. The van der Waals surface area contributed by atoms with E-state index in [2.05, 4.69) is 10.3 Å². The lowest BCUT2D eigenvalue weighted by Crippen LogP contribution is -2.27. The number of amides is 1. The van der Waals surface area contributed by atoms with Crippen molar-refractivity contribution in [2.24, 2.45) is 0 Å². The maximum atomic E-state index is 12.6. The van der Waals surface area contributed by atoms with Crippen LogP contribution in [-0.4, -0.2) is 24.1 Å². The molecule has 1 aromatic heterocycles. The predicted octanol–water partition coefficient (Wildman–Crippen LogP) is 2.38. The third kappa shape index (κ3) is 2.84. The lowest BCUT2D eigenvalue weighted by Gasteiger charge is -2.21. The standard InChI is InChI=1S/C18H16N2O5/c1-10(11-5-6-13-15(9-11)24-8-7-23-13)19-17(21)12-3-2-4-14-16(12)20-18(22)25-14/h2-6,9-10H,7-8H2,1H3,(H,19,21)(H,20,22)/t10-/m1/s1. The molecular formula is C18H16N2O5. The summed E-state index contributed by atoms with van der Waals surface area (Å²) < 4.78 is 16.1. The summed E-state index contributed by atoms with van der Waals surface area (Å²) in [6.07, 6.45) is 0. The smallest absolute Gasteiger partial charge is 0.417 e. The zero-order valence-corrected chi connectivity index (χ0v) is 13.5. The number of para-hydroxylation sites is 1. The van der Waals surface area contributed by atoms with E-state index in [1.54, 1.807) is 18.2 Å². The number of hydrogen-bond donors (Lipinski definition) is 2. The van der Waals surface area contributed by atoms with Gasteiger partial charge in [-0.15, -0.1) is 0 Å². The number of carbonyl (C=O) groups excluding carboxylic acids is 1. The van der Waals surface area contributed by atoms with Crippen LogP contribution in [0.4, 0.5) is 0 Å². The van der Waals surface area contributed by atoms with E-state index < -0.39 is 5.76 Å². The molecule has 0 saturated carbocycles. The van der Waals surface area contributed by atoms with E-state index in [1.165, 1.54) is 0 Å². The van der Waals surface area contributed by atoms with Crippen molar-refractivity contribution < 1.29 is 18.7 Å². The molecule has 0 bridgehead atoms. The number of benzene rings is 2. The van der Waals surface area contributed by atoms with Gasteiger partial charge in [-0.25, -0.2) is 4.79 Å². The molecule has 1 atom stereocenters. The van der Waals surface area contributed by atoms with Crippen LogP contribution in [0.15, 0.2) is 45.6 Å². The quantitative estimate of drug-likeness (QED) is 0.763. The second kappa shape index (κ2) is 6.01. The highest BCUT2D eigenvalue weighted by molar-refractivity contribution is 6.04. The summed E-state index contributed by atoms with van der Waals surface area (Å²) in [5, 5.41) is 2.92. The average Bonchev–Trinajstić information content (AvgIpc) is 3.01. The van der Waals surface area contributed by atoms with E-state index in [9.17, 15) is 9.59 Å². The van der Waals surface area contributed by atoms with Gasteiger partial charge in [0.1, 0.15) is 13.2 Å². The van der Waals surface area contributed by atoms with Gasteiger partial charge in [0.2, 0.25) is 0 Å². The van der Waals surface area contributed by atoms with Crippen molar-refractivity contribution >= 4 is 17.0 Å². The highest BCUT2D eigenvalue weighted by atomic mass is 16.6. The van der Waals surface area contributed by atoms with Gasteiger partial charge >= 0.3 is 5.76 Å². The molecule has 7 nitrogen and oxygen atoms in total. The first kappa shape index (κ1) is 15.3. The van der Waals surface area contributed by atoms with Crippen molar-refractivity contribution in [1.82, 2.24) is 10.3 Å². The van der Waals surface area contributed by atoms with Gasteiger partial charge < -0.3 is 19.2 Å². The molecule has 7 heteroatoms. The Labute approximate surface area is 142 Å². The van der Waals surface area contributed by atoms with Crippen molar-refractivity contribution in [3.05, 3.63) is 58.1 Å². The number of H-pyrrole nitrogens is 1. The minimum Gasteiger partial charge on any atom is -0.486 e. The van der Waals surface area contributed by atoms with Crippen LogP contribution in [-0.2, 0) is 0 Å². The fraction of sp³-hybridized carbons (Fsp3) is 0.222. The number of ether oxygens (including phenoxy) is 2. The van der Waals surface area contributed by atoms with Crippen molar-refractivity contribution in [1.29, 1.82) is 0 Å².